The molecule has 0 radical (unpaired) electrons. The van der Waals surface area contributed by atoms with Gasteiger partial charge in [0.15, 0.2) is 5.78 Å². The molecule has 8 heteroatoms. The SMILES string of the molecule is CC(=O)OC(C)(C)/C=C\C(=O)[C@](C)(O)[C@@H]1[C@H](O)C[C@]2(C)[C@@H]3CC=C4[C@H](C[C@H](O)[C@H](O)C4(C)C)[C@]3(C)C(=O)C[C@]12C. The molecule has 0 saturated heterocycles. The van der Waals surface area contributed by atoms with Crippen molar-refractivity contribution in [2.75, 3.05) is 0 Å². The first-order chi connectivity index (χ1) is 18.1. The van der Waals surface area contributed by atoms with E-state index >= 15 is 0 Å². The van der Waals surface area contributed by atoms with E-state index in [1.807, 2.05) is 27.7 Å². The first-order valence-corrected chi connectivity index (χ1v) is 14.5. The number of carbonyl (C=O) groups excluding carboxylic acids is 3. The number of hydrogen-bond donors (Lipinski definition) is 4. The Morgan fingerprint density at radius 3 is 2.20 bits per heavy atom. The third-order valence-corrected chi connectivity index (χ3v) is 11.8. The molecular weight excluding hydrogens is 512 g/mol. The molecule has 4 N–H and O–H groups in total. The number of aliphatic hydroxyl groups excluding tert-OH is 3. The highest BCUT2D eigenvalue weighted by molar-refractivity contribution is 5.97. The maximum Gasteiger partial charge on any atom is 0.303 e. The van der Waals surface area contributed by atoms with Crippen molar-refractivity contribution in [3.05, 3.63) is 23.8 Å². The van der Waals surface area contributed by atoms with E-state index in [1.54, 1.807) is 13.8 Å². The summed E-state index contributed by atoms with van der Waals surface area (Å²) in [7, 11) is 0. The number of rotatable bonds is 5. The summed E-state index contributed by atoms with van der Waals surface area (Å²) in [4.78, 5) is 39.2. The zero-order valence-corrected chi connectivity index (χ0v) is 25.4. The van der Waals surface area contributed by atoms with Gasteiger partial charge in [0.05, 0.1) is 18.3 Å². The first-order valence-electron chi connectivity index (χ1n) is 14.5. The molecule has 0 heterocycles. The van der Waals surface area contributed by atoms with Crippen LogP contribution in [0.4, 0.5) is 0 Å². The highest BCUT2D eigenvalue weighted by atomic mass is 16.6. The summed E-state index contributed by atoms with van der Waals surface area (Å²) < 4.78 is 5.23. The molecule has 0 spiro atoms. The summed E-state index contributed by atoms with van der Waals surface area (Å²) in [6, 6.07) is 0. The molecule has 3 saturated carbocycles. The molecule has 10 atom stereocenters. The van der Waals surface area contributed by atoms with Crippen molar-refractivity contribution in [1.29, 1.82) is 0 Å². The molecule has 0 aromatic heterocycles. The van der Waals surface area contributed by atoms with E-state index in [2.05, 4.69) is 13.0 Å². The van der Waals surface area contributed by atoms with Crippen molar-refractivity contribution in [3.8, 4) is 0 Å². The maximum absolute atomic E-state index is 14.3. The highest BCUT2D eigenvalue weighted by Gasteiger charge is 2.74. The lowest BCUT2D eigenvalue weighted by Crippen LogP contribution is -2.65. The van der Waals surface area contributed by atoms with Crippen LogP contribution in [0.5, 0.6) is 0 Å². The Morgan fingerprint density at radius 2 is 1.62 bits per heavy atom. The fourth-order valence-electron chi connectivity index (χ4n) is 9.55. The van der Waals surface area contributed by atoms with E-state index in [1.165, 1.54) is 26.0 Å². The van der Waals surface area contributed by atoms with Crippen LogP contribution in [0.3, 0.4) is 0 Å². The average Bonchev–Trinajstić information content (AvgIpc) is 3.01. The summed E-state index contributed by atoms with van der Waals surface area (Å²) in [5, 5.41) is 44.9. The van der Waals surface area contributed by atoms with Gasteiger partial charge in [-0.15, -0.1) is 0 Å². The smallest absolute Gasteiger partial charge is 0.303 e. The monoisotopic (exact) mass is 560 g/mol. The van der Waals surface area contributed by atoms with E-state index in [0.29, 0.717) is 12.8 Å². The predicted molar refractivity (Wildman–Crippen MR) is 149 cm³/mol. The van der Waals surface area contributed by atoms with Crippen LogP contribution in [0.2, 0.25) is 0 Å². The van der Waals surface area contributed by atoms with Crippen molar-refractivity contribution < 1.29 is 39.5 Å². The van der Waals surface area contributed by atoms with Gasteiger partial charge in [-0.3, -0.25) is 14.4 Å². The number of fused-ring (bicyclic) bond motifs is 5. The zero-order chi connectivity index (χ0) is 30.4. The topological polar surface area (TPSA) is 141 Å². The Bertz CT molecular complexity index is 1160. The minimum Gasteiger partial charge on any atom is -0.456 e. The van der Waals surface area contributed by atoms with Gasteiger partial charge >= 0.3 is 5.97 Å². The number of Topliss-reactive ketones (excluding diaryl/α,β-unsaturated/α-hetero) is 1. The molecule has 224 valence electrons. The minimum atomic E-state index is -1.98. The Balaban J connectivity index is 1.74. The van der Waals surface area contributed by atoms with E-state index in [-0.39, 0.29) is 30.5 Å². The molecule has 8 nitrogen and oxygen atoms in total. The van der Waals surface area contributed by atoms with Gasteiger partial charge in [-0.2, -0.15) is 0 Å². The second-order valence-electron chi connectivity index (χ2n) is 15.0. The molecule has 0 bridgehead atoms. The quantitative estimate of drug-likeness (QED) is 0.228. The highest BCUT2D eigenvalue weighted by Crippen LogP contribution is 2.74. The number of carbonyl (C=O) groups is 3. The van der Waals surface area contributed by atoms with E-state index < -0.39 is 68.8 Å². The van der Waals surface area contributed by atoms with Gasteiger partial charge in [-0.1, -0.05) is 46.3 Å². The van der Waals surface area contributed by atoms with Crippen molar-refractivity contribution in [2.45, 2.75) is 118 Å². The lowest BCUT2D eigenvalue weighted by molar-refractivity contribution is -0.186. The van der Waals surface area contributed by atoms with Crippen molar-refractivity contribution >= 4 is 17.5 Å². The van der Waals surface area contributed by atoms with E-state index in [9.17, 15) is 34.8 Å². The minimum absolute atomic E-state index is 0.00125. The second-order valence-corrected chi connectivity index (χ2v) is 15.0. The molecule has 0 aliphatic heterocycles. The van der Waals surface area contributed by atoms with Gasteiger partial charge < -0.3 is 25.2 Å². The molecular formula is C32H48O8. The molecule has 0 aromatic carbocycles. The van der Waals surface area contributed by atoms with Crippen LogP contribution in [0.25, 0.3) is 0 Å². The Kier molecular flexibility index (Phi) is 7.24. The number of ketones is 2. The Morgan fingerprint density at radius 1 is 1.02 bits per heavy atom. The molecule has 3 fully saturated rings. The molecule has 4 aliphatic rings. The number of aliphatic hydroxyl groups is 4. The summed E-state index contributed by atoms with van der Waals surface area (Å²) >= 11 is 0. The van der Waals surface area contributed by atoms with Crippen LogP contribution in [-0.2, 0) is 19.1 Å². The standard InChI is InChI=1S/C32H48O8/c1-17(33)40-27(2,3)13-12-23(36)32(9,39)25-21(35)15-29(6)22-11-10-18-19(14-20(34)26(38)28(18,4)5)31(22,8)24(37)16-30(25,29)7/h10,12-13,19-22,25-26,34-35,38-39H,11,14-16H2,1-9H3/b13-12-/t19-,20-,21+,22-,25+,26-,29+,30+,31-,32-/m0/s1. The third-order valence-electron chi connectivity index (χ3n) is 11.8. The normalized spacial score (nSPS) is 44.2. The van der Waals surface area contributed by atoms with Crippen LogP contribution in [0.1, 0.15) is 88.0 Å². The van der Waals surface area contributed by atoms with Gasteiger partial charge in [0, 0.05) is 30.1 Å². The second kappa shape index (κ2) is 9.32. The molecule has 4 aliphatic carbocycles. The third kappa shape index (κ3) is 4.19. The number of allylic oxidation sites excluding steroid dienone is 1. The summed E-state index contributed by atoms with van der Waals surface area (Å²) in [6.07, 6.45) is 3.10. The molecule has 40 heavy (non-hydrogen) atoms. The van der Waals surface area contributed by atoms with E-state index in [0.717, 1.165) is 5.57 Å². The molecule has 0 unspecified atom stereocenters. The lowest BCUT2D eigenvalue weighted by atomic mass is 9.38. The average molecular weight is 561 g/mol. The molecule has 0 aromatic rings. The maximum atomic E-state index is 14.3. The van der Waals surface area contributed by atoms with E-state index in [4.69, 9.17) is 4.74 Å². The zero-order valence-electron chi connectivity index (χ0n) is 25.4. The van der Waals surface area contributed by atoms with Crippen molar-refractivity contribution in [2.24, 2.45) is 39.4 Å². The summed E-state index contributed by atoms with van der Waals surface area (Å²) in [5.41, 5.74) is -5.04. The van der Waals surface area contributed by atoms with Gasteiger partial charge in [-0.05, 0) is 74.9 Å². The fraction of sp³-hybridized carbons (Fsp3) is 0.781. The summed E-state index contributed by atoms with van der Waals surface area (Å²) in [6.45, 7) is 15.7. The van der Waals surface area contributed by atoms with Crippen LogP contribution in [-0.4, -0.2) is 67.5 Å². The van der Waals surface area contributed by atoms with Crippen LogP contribution in [0, 0.1) is 39.4 Å². The Hall–Kier alpha value is -1.87. The van der Waals surface area contributed by atoms with Gasteiger partial charge in [0.1, 0.15) is 17.0 Å². The molecule has 0 amide bonds. The molecule has 4 rings (SSSR count). The Labute approximate surface area is 237 Å². The fourth-order valence-corrected chi connectivity index (χ4v) is 9.55. The van der Waals surface area contributed by atoms with Gasteiger partial charge in [-0.25, -0.2) is 0 Å². The summed E-state index contributed by atoms with van der Waals surface area (Å²) in [5.74, 6) is -2.48. The number of esters is 1. The van der Waals surface area contributed by atoms with Crippen LogP contribution in [0.15, 0.2) is 23.8 Å². The van der Waals surface area contributed by atoms with Crippen LogP contribution >= 0.6 is 0 Å². The van der Waals surface area contributed by atoms with Gasteiger partial charge in [0.25, 0.3) is 0 Å². The van der Waals surface area contributed by atoms with Gasteiger partial charge in [0.2, 0.25) is 0 Å². The lowest BCUT2D eigenvalue weighted by Gasteiger charge is -2.65. The van der Waals surface area contributed by atoms with Crippen LogP contribution < -0.4 is 0 Å². The van der Waals surface area contributed by atoms with Crippen molar-refractivity contribution in [3.63, 3.8) is 0 Å². The largest absolute Gasteiger partial charge is 0.456 e. The first kappa shape index (κ1) is 31.1. The number of ether oxygens (including phenoxy) is 1. The predicted octanol–water partition coefficient (Wildman–Crippen LogP) is 3.29. The van der Waals surface area contributed by atoms with Crippen molar-refractivity contribution in [1.82, 2.24) is 0 Å². The number of hydrogen-bond acceptors (Lipinski definition) is 8.